The first kappa shape index (κ1) is 11.1. The molecule has 1 aliphatic heterocycles. The van der Waals surface area contributed by atoms with Gasteiger partial charge in [-0.2, -0.15) is 0 Å². The number of nitrogens with zero attached hydrogens (tertiary/aromatic N) is 2. The van der Waals surface area contributed by atoms with Crippen LogP contribution in [0.2, 0.25) is 0 Å². The molecule has 1 aromatic heterocycles. The third-order valence-corrected chi connectivity index (χ3v) is 2.93. The van der Waals surface area contributed by atoms with Crippen molar-refractivity contribution in [3.05, 3.63) is 30.1 Å². The first-order chi connectivity index (χ1) is 7.66. The van der Waals surface area contributed by atoms with E-state index in [0.29, 0.717) is 11.6 Å². The number of hydrogen-bond donors (Lipinski definition) is 0. The molecule has 1 saturated heterocycles. The predicted octanol–water partition coefficient (Wildman–Crippen LogP) is 2.20. The summed E-state index contributed by atoms with van der Waals surface area (Å²) in [4.78, 5) is 17.9. The zero-order valence-corrected chi connectivity index (χ0v) is 9.89. The van der Waals surface area contributed by atoms with Crippen LogP contribution in [0.4, 0.5) is 0 Å². The highest BCUT2D eigenvalue weighted by Gasteiger charge is 2.31. The Morgan fingerprint density at radius 1 is 1.50 bits per heavy atom. The topological polar surface area (TPSA) is 33.2 Å². The van der Waals surface area contributed by atoms with Gasteiger partial charge in [0.15, 0.2) is 0 Å². The lowest BCUT2D eigenvalue weighted by atomic mass is 9.90. The van der Waals surface area contributed by atoms with Gasteiger partial charge in [0.2, 0.25) is 0 Å². The van der Waals surface area contributed by atoms with Crippen molar-refractivity contribution in [3.8, 4) is 0 Å². The van der Waals surface area contributed by atoms with E-state index in [-0.39, 0.29) is 5.91 Å². The lowest BCUT2D eigenvalue weighted by Gasteiger charge is -2.40. The maximum atomic E-state index is 11.9. The predicted molar refractivity (Wildman–Crippen MR) is 63.1 cm³/mol. The summed E-state index contributed by atoms with van der Waals surface area (Å²) >= 11 is 0. The molecule has 0 saturated carbocycles. The number of amides is 1. The van der Waals surface area contributed by atoms with Gasteiger partial charge in [-0.25, -0.2) is 0 Å². The Balaban J connectivity index is 1.86. The van der Waals surface area contributed by atoms with Crippen LogP contribution in [-0.2, 0) is 0 Å². The van der Waals surface area contributed by atoms with Gasteiger partial charge in [0.05, 0.1) is 0 Å². The Labute approximate surface area is 96.5 Å². The molecule has 0 bridgehead atoms. The first-order valence-electron chi connectivity index (χ1n) is 5.87. The Morgan fingerprint density at radius 2 is 2.25 bits per heavy atom. The fraction of sp³-hybridized carbons (Fsp3) is 0.538. The van der Waals surface area contributed by atoms with E-state index in [1.807, 2.05) is 17.0 Å². The van der Waals surface area contributed by atoms with Gasteiger partial charge in [0.1, 0.15) is 5.69 Å². The number of likely N-dealkylation sites (tertiary alicyclic amines) is 1. The van der Waals surface area contributed by atoms with Crippen LogP contribution in [0.3, 0.4) is 0 Å². The quantitative estimate of drug-likeness (QED) is 0.779. The van der Waals surface area contributed by atoms with Crippen LogP contribution in [0.15, 0.2) is 24.4 Å². The van der Waals surface area contributed by atoms with Gasteiger partial charge in [-0.05, 0) is 30.4 Å². The molecule has 0 N–H and O–H groups in total. The van der Waals surface area contributed by atoms with Crippen molar-refractivity contribution in [1.29, 1.82) is 0 Å². The van der Waals surface area contributed by atoms with Crippen LogP contribution in [0.1, 0.15) is 30.8 Å². The lowest BCUT2D eigenvalue weighted by Crippen LogP contribution is -2.50. The summed E-state index contributed by atoms with van der Waals surface area (Å²) in [5.74, 6) is 1.48. The second kappa shape index (κ2) is 4.64. The first-order valence-corrected chi connectivity index (χ1v) is 5.87. The maximum Gasteiger partial charge on any atom is 0.272 e. The van der Waals surface area contributed by atoms with Gasteiger partial charge in [0, 0.05) is 19.3 Å². The minimum absolute atomic E-state index is 0.0700. The molecular formula is C13H18N2O. The van der Waals surface area contributed by atoms with E-state index in [9.17, 15) is 4.79 Å². The number of rotatable bonds is 3. The molecule has 1 fully saturated rings. The number of pyridine rings is 1. The van der Waals surface area contributed by atoms with E-state index < -0.39 is 0 Å². The lowest BCUT2D eigenvalue weighted by molar-refractivity contribution is 0.0455. The molecule has 3 nitrogen and oxygen atoms in total. The minimum Gasteiger partial charge on any atom is -0.337 e. The Morgan fingerprint density at radius 3 is 2.81 bits per heavy atom. The summed E-state index contributed by atoms with van der Waals surface area (Å²) in [5, 5.41) is 0. The zero-order valence-electron chi connectivity index (χ0n) is 9.89. The van der Waals surface area contributed by atoms with Crippen molar-refractivity contribution in [2.75, 3.05) is 13.1 Å². The van der Waals surface area contributed by atoms with Crippen LogP contribution in [0.5, 0.6) is 0 Å². The average molecular weight is 218 g/mol. The van der Waals surface area contributed by atoms with Gasteiger partial charge in [-0.3, -0.25) is 9.78 Å². The smallest absolute Gasteiger partial charge is 0.272 e. The minimum atomic E-state index is 0.0700. The highest BCUT2D eigenvalue weighted by Crippen LogP contribution is 2.24. The molecule has 0 spiro atoms. The third kappa shape index (κ3) is 2.40. The van der Waals surface area contributed by atoms with Crippen LogP contribution < -0.4 is 0 Å². The highest BCUT2D eigenvalue weighted by atomic mass is 16.2. The molecule has 0 unspecified atom stereocenters. The zero-order chi connectivity index (χ0) is 11.5. The summed E-state index contributed by atoms with van der Waals surface area (Å²) in [7, 11) is 0. The third-order valence-electron chi connectivity index (χ3n) is 2.93. The standard InChI is InChI=1S/C13H18N2O/c1-10(2)7-11-8-15(9-11)13(16)12-5-3-4-6-14-12/h3-6,10-11H,7-9H2,1-2H3. The molecule has 0 atom stereocenters. The average Bonchev–Trinajstić information content (AvgIpc) is 2.23. The fourth-order valence-electron chi connectivity index (χ4n) is 2.20. The van der Waals surface area contributed by atoms with Crippen molar-refractivity contribution in [1.82, 2.24) is 9.88 Å². The summed E-state index contributed by atoms with van der Waals surface area (Å²) < 4.78 is 0. The molecule has 3 heteroatoms. The molecule has 1 amide bonds. The van der Waals surface area contributed by atoms with Crippen LogP contribution >= 0.6 is 0 Å². The number of hydrogen-bond acceptors (Lipinski definition) is 2. The molecular weight excluding hydrogens is 200 g/mol. The molecule has 0 radical (unpaired) electrons. The van der Waals surface area contributed by atoms with Gasteiger partial charge in [0.25, 0.3) is 5.91 Å². The van der Waals surface area contributed by atoms with E-state index in [1.54, 1.807) is 12.3 Å². The summed E-state index contributed by atoms with van der Waals surface area (Å²) in [6.07, 6.45) is 2.88. The Bertz CT molecular complexity index is 355. The van der Waals surface area contributed by atoms with Crippen LogP contribution in [-0.4, -0.2) is 28.9 Å². The number of aromatic nitrogens is 1. The molecule has 86 valence electrons. The van der Waals surface area contributed by atoms with Crippen molar-refractivity contribution in [2.45, 2.75) is 20.3 Å². The summed E-state index contributed by atoms with van der Waals surface area (Å²) in [6.45, 7) is 6.24. The summed E-state index contributed by atoms with van der Waals surface area (Å²) in [5.41, 5.74) is 0.561. The van der Waals surface area contributed by atoms with E-state index in [2.05, 4.69) is 18.8 Å². The van der Waals surface area contributed by atoms with Gasteiger partial charge in [-0.15, -0.1) is 0 Å². The second-order valence-electron chi connectivity index (χ2n) is 4.92. The van der Waals surface area contributed by atoms with E-state index in [1.165, 1.54) is 6.42 Å². The van der Waals surface area contributed by atoms with Crippen molar-refractivity contribution >= 4 is 5.91 Å². The van der Waals surface area contributed by atoms with Gasteiger partial charge < -0.3 is 4.90 Å². The van der Waals surface area contributed by atoms with Crippen LogP contribution in [0, 0.1) is 11.8 Å². The molecule has 1 aliphatic rings. The highest BCUT2D eigenvalue weighted by molar-refractivity contribution is 5.92. The molecule has 0 aliphatic carbocycles. The second-order valence-corrected chi connectivity index (χ2v) is 4.92. The van der Waals surface area contributed by atoms with E-state index in [0.717, 1.165) is 19.0 Å². The summed E-state index contributed by atoms with van der Waals surface area (Å²) in [6, 6.07) is 5.46. The molecule has 2 heterocycles. The molecule has 16 heavy (non-hydrogen) atoms. The Kier molecular flexibility index (Phi) is 3.22. The maximum absolute atomic E-state index is 11.9. The fourth-order valence-corrected chi connectivity index (χ4v) is 2.20. The normalized spacial score (nSPS) is 16.3. The van der Waals surface area contributed by atoms with E-state index >= 15 is 0 Å². The number of carbonyl (C=O) groups is 1. The number of carbonyl (C=O) groups excluding carboxylic acids is 1. The monoisotopic (exact) mass is 218 g/mol. The van der Waals surface area contributed by atoms with Crippen LogP contribution in [0.25, 0.3) is 0 Å². The van der Waals surface area contributed by atoms with Crippen molar-refractivity contribution < 1.29 is 4.79 Å². The van der Waals surface area contributed by atoms with Crippen molar-refractivity contribution in [2.24, 2.45) is 11.8 Å². The molecule has 2 rings (SSSR count). The van der Waals surface area contributed by atoms with E-state index in [4.69, 9.17) is 0 Å². The van der Waals surface area contributed by atoms with Gasteiger partial charge in [-0.1, -0.05) is 19.9 Å². The molecule has 1 aromatic rings. The largest absolute Gasteiger partial charge is 0.337 e. The van der Waals surface area contributed by atoms with Crippen molar-refractivity contribution in [3.63, 3.8) is 0 Å². The SMILES string of the molecule is CC(C)CC1CN(C(=O)c2ccccn2)C1. The Hall–Kier alpha value is -1.38. The molecule has 0 aromatic carbocycles. The van der Waals surface area contributed by atoms with Gasteiger partial charge >= 0.3 is 0 Å².